The fraction of sp³-hybridized carbons (Fsp3) is 0.588. The van der Waals surface area contributed by atoms with Crippen LogP contribution in [0.3, 0.4) is 0 Å². The van der Waals surface area contributed by atoms with E-state index < -0.39 is 0 Å². The number of nitrogens with zero attached hydrogens (tertiary/aromatic N) is 3. The summed E-state index contributed by atoms with van der Waals surface area (Å²) in [5, 5.41) is 13.5. The van der Waals surface area contributed by atoms with E-state index in [1.807, 2.05) is 7.05 Å². The minimum absolute atomic E-state index is 0.0201. The average Bonchev–Trinajstić information content (AvgIpc) is 3.27. The van der Waals surface area contributed by atoms with Gasteiger partial charge in [-0.15, -0.1) is 11.3 Å². The van der Waals surface area contributed by atoms with Crippen molar-refractivity contribution in [3.63, 3.8) is 0 Å². The molecular weight excluding hydrogens is 352 g/mol. The summed E-state index contributed by atoms with van der Waals surface area (Å²) in [6, 6.07) is 2.05. The number of rotatable bonds is 5. The lowest BCUT2D eigenvalue weighted by Gasteiger charge is -2.40. The summed E-state index contributed by atoms with van der Waals surface area (Å²) in [6.45, 7) is 3.80. The molecule has 0 bridgehead atoms. The molecule has 0 unspecified atom stereocenters. The monoisotopic (exact) mass is 376 g/mol. The number of aryl methyl sites for hydroxylation is 1. The number of carbonyl (C=O) groups excluding carboxylic acids is 1. The summed E-state index contributed by atoms with van der Waals surface area (Å²) >= 11 is 1.61. The van der Waals surface area contributed by atoms with Gasteiger partial charge in [-0.2, -0.15) is 10.1 Å². The zero-order chi connectivity index (χ0) is 18.0. The molecule has 0 saturated carbocycles. The van der Waals surface area contributed by atoms with Crippen molar-refractivity contribution in [2.75, 3.05) is 38.1 Å². The van der Waals surface area contributed by atoms with E-state index in [1.165, 1.54) is 16.8 Å². The quantitative estimate of drug-likeness (QED) is 0.671. The number of thiophene rings is 1. The van der Waals surface area contributed by atoms with Crippen molar-refractivity contribution in [3.8, 4) is 0 Å². The molecule has 2 aromatic rings. The van der Waals surface area contributed by atoms with Gasteiger partial charge in [0.05, 0.1) is 17.1 Å². The molecule has 0 aliphatic carbocycles. The second-order valence-corrected chi connectivity index (χ2v) is 7.82. The number of hydrogen-bond donors (Lipinski definition) is 3. The van der Waals surface area contributed by atoms with Crippen molar-refractivity contribution in [2.45, 2.75) is 24.9 Å². The van der Waals surface area contributed by atoms with E-state index in [9.17, 15) is 4.79 Å². The Morgan fingerprint density at radius 3 is 3.04 bits per heavy atom. The molecule has 0 atom stereocenters. The number of carbonyl (C=O) groups is 1. The number of aromatic nitrogens is 3. The average molecular weight is 376 g/mol. The third-order valence-electron chi connectivity index (χ3n) is 5.05. The molecule has 3 N–H and O–H groups in total. The number of nitrogens with one attached hydrogen (secondary N) is 3. The van der Waals surface area contributed by atoms with Crippen LogP contribution in [-0.4, -0.2) is 53.5 Å². The largest absolute Gasteiger partial charge is 0.370 e. The van der Waals surface area contributed by atoms with Crippen molar-refractivity contribution in [1.29, 1.82) is 0 Å². The highest BCUT2D eigenvalue weighted by Gasteiger charge is 2.40. The van der Waals surface area contributed by atoms with Crippen LogP contribution in [0.5, 0.6) is 0 Å². The molecule has 2 aliphatic heterocycles. The van der Waals surface area contributed by atoms with Crippen molar-refractivity contribution in [2.24, 2.45) is 7.05 Å². The summed E-state index contributed by atoms with van der Waals surface area (Å²) < 4.78 is 7.85. The fourth-order valence-electron chi connectivity index (χ4n) is 3.67. The summed E-state index contributed by atoms with van der Waals surface area (Å²) in [5.41, 5.74) is 1.04. The van der Waals surface area contributed by atoms with E-state index >= 15 is 0 Å². The van der Waals surface area contributed by atoms with Gasteiger partial charge in [0.2, 0.25) is 5.95 Å². The van der Waals surface area contributed by atoms with Crippen LogP contribution >= 0.6 is 11.3 Å². The first-order chi connectivity index (χ1) is 12.7. The SMILES string of the molecule is Cn1ncnc1NCCNC(=O)c1cc2c(s1)CCOC21CCNCC1. The number of piperidine rings is 1. The van der Waals surface area contributed by atoms with E-state index in [2.05, 4.69) is 32.1 Å². The van der Waals surface area contributed by atoms with E-state index in [0.29, 0.717) is 19.0 Å². The molecule has 1 amide bonds. The predicted octanol–water partition coefficient (Wildman–Crippen LogP) is 0.870. The minimum atomic E-state index is -0.194. The van der Waals surface area contributed by atoms with Gasteiger partial charge in [-0.3, -0.25) is 4.79 Å². The van der Waals surface area contributed by atoms with Crippen LogP contribution in [0, 0.1) is 0 Å². The third-order valence-corrected chi connectivity index (χ3v) is 6.24. The number of fused-ring (bicyclic) bond motifs is 2. The Hall–Kier alpha value is -1.97. The van der Waals surface area contributed by atoms with Crippen molar-refractivity contribution in [3.05, 3.63) is 27.7 Å². The first-order valence-corrected chi connectivity index (χ1v) is 9.83. The summed E-state index contributed by atoms with van der Waals surface area (Å²) in [4.78, 5) is 18.7. The Morgan fingerprint density at radius 2 is 2.27 bits per heavy atom. The van der Waals surface area contributed by atoms with E-state index in [0.717, 1.165) is 43.8 Å². The number of ether oxygens (including phenoxy) is 1. The molecule has 1 saturated heterocycles. The highest BCUT2D eigenvalue weighted by atomic mass is 32.1. The van der Waals surface area contributed by atoms with E-state index in [-0.39, 0.29) is 11.5 Å². The Kier molecular flexibility index (Phi) is 4.92. The van der Waals surface area contributed by atoms with Gasteiger partial charge in [-0.25, -0.2) is 4.68 Å². The van der Waals surface area contributed by atoms with Gasteiger partial charge in [-0.05, 0) is 37.6 Å². The van der Waals surface area contributed by atoms with Crippen LogP contribution in [0.15, 0.2) is 12.4 Å². The highest BCUT2D eigenvalue weighted by molar-refractivity contribution is 7.14. The van der Waals surface area contributed by atoms with Gasteiger partial charge in [0.25, 0.3) is 5.91 Å². The van der Waals surface area contributed by atoms with Crippen molar-refractivity contribution >= 4 is 23.2 Å². The van der Waals surface area contributed by atoms with E-state index in [4.69, 9.17) is 4.74 Å². The van der Waals surface area contributed by atoms with Crippen LogP contribution < -0.4 is 16.0 Å². The minimum Gasteiger partial charge on any atom is -0.370 e. The number of hydrogen-bond acceptors (Lipinski definition) is 7. The van der Waals surface area contributed by atoms with Crippen LogP contribution in [0.2, 0.25) is 0 Å². The van der Waals surface area contributed by atoms with Gasteiger partial charge in [0, 0.05) is 31.4 Å². The lowest BCUT2D eigenvalue weighted by molar-refractivity contribution is -0.0792. The summed E-state index contributed by atoms with van der Waals surface area (Å²) in [5.74, 6) is 0.670. The van der Waals surface area contributed by atoms with Gasteiger partial charge in [-0.1, -0.05) is 0 Å². The standard InChI is InChI=1S/C17H24N6O2S/c1-23-16(21-11-22-23)20-8-7-19-15(24)14-10-12-13(26-14)2-9-25-17(12)3-5-18-6-4-17/h10-11,18H,2-9H2,1H3,(H,19,24)(H,20,21,22). The normalized spacial score (nSPS) is 18.5. The molecule has 0 radical (unpaired) electrons. The smallest absolute Gasteiger partial charge is 0.261 e. The molecule has 8 nitrogen and oxygen atoms in total. The lowest BCUT2D eigenvalue weighted by Crippen LogP contribution is -2.44. The molecule has 1 fully saturated rings. The highest BCUT2D eigenvalue weighted by Crippen LogP contribution is 2.43. The lowest BCUT2D eigenvalue weighted by atomic mass is 9.83. The Morgan fingerprint density at radius 1 is 1.42 bits per heavy atom. The van der Waals surface area contributed by atoms with Gasteiger partial charge < -0.3 is 20.7 Å². The fourth-order valence-corrected chi connectivity index (χ4v) is 4.81. The summed E-state index contributed by atoms with van der Waals surface area (Å²) in [6.07, 6.45) is 4.34. The Balaban J connectivity index is 1.37. The number of amides is 1. The van der Waals surface area contributed by atoms with Gasteiger partial charge in [0.15, 0.2) is 0 Å². The van der Waals surface area contributed by atoms with Crippen molar-refractivity contribution in [1.82, 2.24) is 25.4 Å². The maximum absolute atomic E-state index is 12.5. The molecule has 4 heterocycles. The molecule has 9 heteroatoms. The number of anilines is 1. The molecule has 2 aliphatic rings. The second-order valence-electron chi connectivity index (χ2n) is 6.68. The second kappa shape index (κ2) is 7.34. The van der Waals surface area contributed by atoms with Gasteiger partial charge in [0.1, 0.15) is 6.33 Å². The third kappa shape index (κ3) is 3.34. The van der Waals surface area contributed by atoms with Crippen molar-refractivity contribution < 1.29 is 9.53 Å². The zero-order valence-corrected chi connectivity index (χ0v) is 15.7. The predicted molar refractivity (Wildman–Crippen MR) is 99.6 cm³/mol. The van der Waals surface area contributed by atoms with Crippen LogP contribution in [0.4, 0.5) is 5.95 Å². The maximum Gasteiger partial charge on any atom is 0.261 e. The van der Waals surface area contributed by atoms with Gasteiger partial charge >= 0.3 is 0 Å². The molecular formula is C17H24N6O2S. The molecule has 4 rings (SSSR count). The first kappa shape index (κ1) is 17.4. The zero-order valence-electron chi connectivity index (χ0n) is 14.9. The molecule has 2 aromatic heterocycles. The summed E-state index contributed by atoms with van der Waals surface area (Å²) in [7, 11) is 1.82. The Bertz CT molecular complexity index is 780. The molecule has 26 heavy (non-hydrogen) atoms. The Labute approximate surface area is 156 Å². The molecule has 1 spiro atoms. The first-order valence-electron chi connectivity index (χ1n) is 9.02. The molecule has 0 aromatic carbocycles. The van der Waals surface area contributed by atoms with Crippen LogP contribution in [0.25, 0.3) is 0 Å². The molecule has 140 valence electrons. The maximum atomic E-state index is 12.5. The van der Waals surface area contributed by atoms with Crippen LogP contribution in [-0.2, 0) is 23.8 Å². The van der Waals surface area contributed by atoms with Crippen LogP contribution in [0.1, 0.15) is 33.0 Å². The van der Waals surface area contributed by atoms with E-state index in [1.54, 1.807) is 16.0 Å². The topological polar surface area (TPSA) is 93.1 Å².